The van der Waals surface area contributed by atoms with Crippen molar-refractivity contribution in [3.8, 4) is 0 Å². The van der Waals surface area contributed by atoms with Crippen LogP contribution in [0.2, 0.25) is 0 Å². The lowest BCUT2D eigenvalue weighted by Crippen LogP contribution is -2.36. The van der Waals surface area contributed by atoms with Crippen molar-refractivity contribution in [2.24, 2.45) is 0 Å². The summed E-state index contributed by atoms with van der Waals surface area (Å²) in [6, 6.07) is 11.4. The average molecular weight is 385 g/mol. The van der Waals surface area contributed by atoms with Gasteiger partial charge in [-0.15, -0.1) is 0 Å². The van der Waals surface area contributed by atoms with Crippen molar-refractivity contribution in [2.75, 3.05) is 10.6 Å². The maximum atomic E-state index is 12.6. The number of aryl methyl sites for hydroxylation is 2. The van der Waals surface area contributed by atoms with Gasteiger partial charge in [-0.3, -0.25) is 9.59 Å². The predicted octanol–water partition coefficient (Wildman–Crippen LogP) is 2.45. The lowest BCUT2D eigenvalue weighted by Gasteiger charge is -2.10. The Balaban J connectivity index is 1.90. The number of fused-ring (bicyclic) bond motifs is 1. The summed E-state index contributed by atoms with van der Waals surface area (Å²) in [4.78, 5) is 25.1. The molecule has 2 amide bonds. The van der Waals surface area contributed by atoms with Gasteiger partial charge in [-0.2, -0.15) is 0 Å². The van der Waals surface area contributed by atoms with E-state index in [0.29, 0.717) is 11.4 Å². The van der Waals surface area contributed by atoms with E-state index in [2.05, 4.69) is 10.6 Å². The van der Waals surface area contributed by atoms with Gasteiger partial charge in [0.25, 0.3) is 21.8 Å². The number of sulfonamides is 1. The van der Waals surface area contributed by atoms with Crippen LogP contribution in [0.15, 0.2) is 58.6 Å². The molecule has 0 unspecified atom stereocenters. The number of hydrogen-bond acceptors (Lipinski definition) is 5. The standard InChI is InChI=1S/C19H19N3O4S/c1-11-4-7-14(8-5-11)27(25,26)22-19(24)17-13(3)20-15-9-6-12(2)10-16(15)21-18(17)23/h4-10,20H,1-3H3,(H,21,23)(H,22,24). The van der Waals surface area contributed by atoms with Crippen LogP contribution in [0.3, 0.4) is 0 Å². The molecule has 0 spiro atoms. The van der Waals surface area contributed by atoms with Crippen LogP contribution in [-0.4, -0.2) is 20.2 Å². The van der Waals surface area contributed by atoms with Gasteiger partial charge in [0.1, 0.15) is 5.57 Å². The molecule has 3 rings (SSSR count). The van der Waals surface area contributed by atoms with Gasteiger partial charge >= 0.3 is 0 Å². The first-order valence-electron chi connectivity index (χ1n) is 8.21. The first kappa shape index (κ1) is 18.7. The third kappa shape index (κ3) is 3.85. The molecule has 2 aromatic rings. The average Bonchev–Trinajstić information content (AvgIpc) is 2.69. The Morgan fingerprint density at radius 2 is 1.52 bits per heavy atom. The molecule has 0 aliphatic carbocycles. The molecule has 0 fully saturated rings. The Hall–Kier alpha value is -3.13. The number of anilines is 2. The Bertz CT molecular complexity index is 1070. The highest BCUT2D eigenvalue weighted by molar-refractivity contribution is 7.90. The van der Waals surface area contributed by atoms with Crippen LogP contribution in [0.4, 0.5) is 11.4 Å². The quantitative estimate of drug-likeness (QED) is 0.704. The van der Waals surface area contributed by atoms with Crippen LogP contribution >= 0.6 is 0 Å². The van der Waals surface area contributed by atoms with Crippen molar-refractivity contribution in [1.29, 1.82) is 0 Å². The third-order valence-electron chi connectivity index (χ3n) is 4.13. The summed E-state index contributed by atoms with van der Waals surface area (Å²) >= 11 is 0. The predicted molar refractivity (Wildman–Crippen MR) is 103 cm³/mol. The number of nitrogens with one attached hydrogen (secondary N) is 3. The van der Waals surface area contributed by atoms with Crippen molar-refractivity contribution in [1.82, 2.24) is 4.72 Å². The normalized spacial score (nSPS) is 14.0. The highest BCUT2D eigenvalue weighted by Gasteiger charge is 2.29. The molecular weight excluding hydrogens is 366 g/mol. The molecule has 0 bridgehead atoms. The molecule has 0 saturated heterocycles. The van der Waals surface area contributed by atoms with Crippen LogP contribution in [0.1, 0.15) is 18.1 Å². The molecule has 1 heterocycles. The SMILES string of the molecule is CC1=C(C(=O)NS(=O)(=O)c2ccc(C)cc2)C(=O)Nc2cc(C)ccc2N1. The second-order valence-corrected chi connectivity index (χ2v) is 8.06. The molecule has 7 nitrogen and oxygen atoms in total. The zero-order chi connectivity index (χ0) is 19.8. The van der Waals surface area contributed by atoms with Gasteiger partial charge in [0.2, 0.25) is 0 Å². The molecule has 1 aliphatic rings. The fourth-order valence-electron chi connectivity index (χ4n) is 2.71. The summed E-state index contributed by atoms with van der Waals surface area (Å²) in [6.45, 7) is 5.24. The van der Waals surface area contributed by atoms with E-state index in [-0.39, 0.29) is 16.2 Å². The second-order valence-electron chi connectivity index (χ2n) is 6.38. The number of rotatable bonds is 3. The maximum absolute atomic E-state index is 12.6. The van der Waals surface area contributed by atoms with Crippen LogP contribution in [0.25, 0.3) is 0 Å². The summed E-state index contributed by atoms with van der Waals surface area (Å²) in [6.07, 6.45) is 0. The van der Waals surface area contributed by atoms with Gasteiger partial charge in [-0.05, 0) is 50.6 Å². The zero-order valence-corrected chi connectivity index (χ0v) is 15.9. The third-order valence-corrected chi connectivity index (χ3v) is 5.48. The Labute approximate surface area is 157 Å². The minimum Gasteiger partial charge on any atom is -0.357 e. The largest absolute Gasteiger partial charge is 0.357 e. The molecule has 27 heavy (non-hydrogen) atoms. The first-order valence-corrected chi connectivity index (χ1v) is 9.69. The smallest absolute Gasteiger partial charge is 0.272 e. The molecule has 0 aromatic heterocycles. The Kier molecular flexibility index (Phi) is 4.75. The monoisotopic (exact) mass is 385 g/mol. The van der Waals surface area contributed by atoms with Gasteiger partial charge < -0.3 is 10.6 Å². The van der Waals surface area contributed by atoms with Crippen molar-refractivity contribution in [3.05, 3.63) is 64.9 Å². The van der Waals surface area contributed by atoms with E-state index < -0.39 is 21.8 Å². The summed E-state index contributed by atoms with van der Waals surface area (Å²) in [5.74, 6) is -1.68. The molecule has 3 N–H and O–H groups in total. The molecule has 0 saturated carbocycles. The molecule has 1 aliphatic heterocycles. The number of benzene rings is 2. The first-order chi connectivity index (χ1) is 12.7. The highest BCUT2D eigenvalue weighted by atomic mass is 32.2. The number of amides is 2. The van der Waals surface area contributed by atoms with Crippen LogP contribution in [0, 0.1) is 13.8 Å². The maximum Gasteiger partial charge on any atom is 0.272 e. The fraction of sp³-hybridized carbons (Fsp3) is 0.158. The van der Waals surface area contributed by atoms with Crippen molar-refractivity contribution < 1.29 is 18.0 Å². The molecule has 8 heteroatoms. The number of allylic oxidation sites excluding steroid dienone is 1. The van der Waals surface area contributed by atoms with Crippen molar-refractivity contribution >= 4 is 33.2 Å². The van der Waals surface area contributed by atoms with Gasteiger partial charge in [0, 0.05) is 5.70 Å². The number of hydrogen-bond donors (Lipinski definition) is 3. The minimum atomic E-state index is -4.10. The fourth-order valence-corrected chi connectivity index (χ4v) is 3.67. The van der Waals surface area contributed by atoms with E-state index in [4.69, 9.17) is 0 Å². The molecule has 2 aromatic carbocycles. The lowest BCUT2D eigenvalue weighted by molar-refractivity contribution is -0.120. The zero-order valence-electron chi connectivity index (χ0n) is 15.1. The van der Waals surface area contributed by atoms with Gasteiger partial charge in [0.05, 0.1) is 16.3 Å². The topological polar surface area (TPSA) is 104 Å². The van der Waals surface area contributed by atoms with E-state index in [1.807, 2.05) is 24.6 Å². The van der Waals surface area contributed by atoms with Crippen molar-refractivity contribution in [2.45, 2.75) is 25.7 Å². The summed E-state index contributed by atoms with van der Waals surface area (Å²) in [7, 11) is -4.10. The van der Waals surface area contributed by atoms with E-state index in [1.54, 1.807) is 31.2 Å². The lowest BCUT2D eigenvalue weighted by atomic mass is 10.2. The summed E-state index contributed by atoms with van der Waals surface area (Å²) in [5, 5.41) is 5.63. The number of carbonyl (C=O) groups is 2. The molecular formula is C19H19N3O4S. The van der Waals surface area contributed by atoms with E-state index in [9.17, 15) is 18.0 Å². The van der Waals surface area contributed by atoms with E-state index in [1.165, 1.54) is 12.1 Å². The molecule has 0 atom stereocenters. The Morgan fingerprint density at radius 3 is 2.19 bits per heavy atom. The van der Waals surface area contributed by atoms with Crippen LogP contribution in [0.5, 0.6) is 0 Å². The summed E-state index contributed by atoms with van der Waals surface area (Å²) < 4.78 is 26.9. The van der Waals surface area contributed by atoms with Gasteiger partial charge in [0.15, 0.2) is 0 Å². The van der Waals surface area contributed by atoms with Gasteiger partial charge in [-0.25, -0.2) is 13.1 Å². The van der Waals surface area contributed by atoms with Gasteiger partial charge in [-0.1, -0.05) is 23.8 Å². The van der Waals surface area contributed by atoms with Crippen LogP contribution in [-0.2, 0) is 19.6 Å². The molecule has 0 radical (unpaired) electrons. The Morgan fingerprint density at radius 1 is 0.889 bits per heavy atom. The molecule has 140 valence electrons. The van der Waals surface area contributed by atoms with Crippen molar-refractivity contribution in [3.63, 3.8) is 0 Å². The van der Waals surface area contributed by atoms with E-state index in [0.717, 1.165) is 11.1 Å². The number of carbonyl (C=O) groups excluding carboxylic acids is 2. The van der Waals surface area contributed by atoms with E-state index >= 15 is 0 Å². The highest BCUT2D eigenvalue weighted by Crippen LogP contribution is 2.28. The summed E-state index contributed by atoms with van der Waals surface area (Å²) in [5.41, 5.74) is 2.92. The second kappa shape index (κ2) is 6.88. The minimum absolute atomic E-state index is 0.0550. The van der Waals surface area contributed by atoms with Crippen LogP contribution < -0.4 is 15.4 Å².